The molecular formula is C40H49N3O8. The summed E-state index contributed by atoms with van der Waals surface area (Å²) >= 11 is 0. The van der Waals surface area contributed by atoms with Gasteiger partial charge in [-0.1, -0.05) is 55.3 Å². The average molecular weight is 700 g/mol. The van der Waals surface area contributed by atoms with Gasteiger partial charge in [0.2, 0.25) is 17.6 Å². The monoisotopic (exact) mass is 699 g/mol. The molecule has 3 amide bonds. The molecule has 2 aromatic carbocycles. The van der Waals surface area contributed by atoms with Crippen molar-refractivity contribution in [3.05, 3.63) is 93.5 Å². The van der Waals surface area contributed by atoms with E-state index in [0.29, 0.717) is 29.0 Å². The first-order chi connectivity index (χ1) is 24.3. The van der Waals surface area contributed by atoms with Gasteiger partial charge in [-0.25, -0.2) is 4.79 Å². The number of alkyl carbamates (subject to hydrolysis) is 1. The average Bonchev–Trinajstić information content (AvgIpc) is 3.87. The number of carbonyl (C=O) groups excluding carboxylic acids is 4. The molecule has 11 heteroatoms. The van der Waals surface area contributed by atoms with E-state index in [1.54, 1.807) is 39.0 Å². The zero-order valence-corrected chi connectivity index (χ0v) is 29.9. The van der Waals surface area contributed by atoms with Gasteiger partial charge in [0.25, 0.3) is 0 Å². The second-order valence-electron chi connectivity index (χ2n) is 14.4. The number of amides is 3. The number of unbranched alkanes of at least 4 members (excludes halogenated alkanes) is 1. The van der Waals surface area contributed by atoms with Gasteiger partial charge in [-0.15, -0.1) is 0 Å². The summed E-state index contributed by atoms with van der Waals surface area (Å²) in [5.74, 6) is -0.883. The highest BCUT2D eigenvalue weighted by Crippen LogP contribution is 2.47. The fourth-order valence-corrected chi connectivity index (χ4v) is 5.95. The van der Waals surface area contributed by atoms with Crippen LogP contribution in [-0.2, 0) is 32.0 Å². The Kier molecular flexibility index (Phi) is 11.9. The number of allylic oxidation sites excluding steroid dienone is 4. The van der Waals surface area contributed by atoms with E-state index in [0.717, 1.165) is 61.7 Å². The molecule has 2 aromatic rings. The standard InChI is InChI=1S/C40H49N3O8/c1-5-6-19-41-37(47)29(42-38(48)30(21-24-11-8-7-9-12-24)43-39(49)51-40(2,3)4)22-25-15-18-32(50-23-31(44)26-13-10-14-26)28(20-25)34-35(45)33(36(34)46)27-16-17-27/h7-9,11-12,15,18,20,29-30,44-45H,5-6,10,13-14,16-17,19,21-23H2,1-4H3,(H,41,47)(H,42,48)(H,43,49)/t29?,30-/m0/s1. The van der Waals surface area contributed by atoms with Gasteiger partial charge in [-0.2, -0.15) is 0 Å². The van der Waals surface area contributed by atoms with Crippen LogP contribution < -0.4 is 20.7 Å². The van der Waals surface area contributed by atoms with Crippen molar-refractivity contribution >= 4 is 29.3 Å². The van der Waals surface area contributed by atoms with Crippen LogP contribution in [0.2, 0.25) is 0 Å². The molecule has 5 N–H and O–H groups in total. The predicted molar refractivity (Wildman–Crippen MR) is 193 cm³/mol. The van der Waals surface area contributed by atoms with Crippen molar-refractivity contribution in [2.24, 2.45) is 0 Å². The van der Waals surface area contributed by atoms with Gasteiger partial charge >= 0.3 is 6.09 Å². The van der Waals surface area contributed by atoms with Crippen LogP contribution in [0.15, 0.2) is 76.8 Å². The van der Waals surface area contributed by atoms with Crippen LogP contribution in [0.1, 0.15) is 89.3 Å². The highest BCUT2D eigenvalue weighted by atomic mass is 16.6. The number of carbonyl (C=O) groups is 4. The van der Waals surface area contributed by atoms with E-state index in [1.165, 1.54) is 0 Å². The van der Waals surface area contributed by atoms with Crippen LogP contribution in [0, 0.1) is 0 Å². The summed E-state index contributed by atoms with van der Waals surface area (Å²) in [5.41, 5.74) is 3.28. The van der Waals surface area contributed by atoms with Gasteiger partial charge in [-0.05, 0) is 88.1 Å². The first-order valence-corrected chi connectivity index (χ1v) is 17.8. The minimum Gasteiger partial charge on any atom is -0.509 e. The Labute approximate surface area is 299 Å². The number of hydrogen-bond donors (Lipinski definition) is 5. The van der Waals surface area contributed by atoms with Crippen molar-refractivity contribution < 1.29 is 38.9 Å². The number of Topliss-reactive ketones (excluding diaryl/α,β-unsaturated/α-hetero) is 1. The van der Waals surface area contributed by atoms with Crippen LogP contribution in [0.5, 0.6) is 5.75 Å². The Morgan fingerprint density at radius 3 is 2.18 bits per heavy atom. The highest BCUT2D eigenvalue weighted by Gasteiger charge is 2.41. The molecule has 51 heavy (non-hydrogen) atoms. The maximum Gasteiger partial charge on any atom is 0.408 e. The molecule has 2 atom stereocenters. The van der Waals surface area contributed by atoms with E-state index in [2.05, 4.69) is 16.0 Å². The van der Waals surface area contributed by atoms with E-state index < -0.39 is 35.6 Å². The molecule has 3 aliphatic carbocycles. The third-order valence-electron chi connectivity index (χ3n) is 9.02. The normalized spacial score (nSPS) is 16.4. The van der Waals surface area contributed by atoms with E-state index in [4.69, 9.17) is 9.47 Å². The maximum absolute atomic E-state index is 13.9. The van der Waals surface area contributed by atoms with Gasteiger partial charge in [0.05, 0.1) is 11.1 Å². The quantitative estimate of drug-likeness (QED) is 0.0848. The van der Waals surface area contributed by atoms with E-state index in [-0.39, 0.29) is 42.3 Å². The van der Waals surface area contributed by atoms with Crippen molar-refractivity contribution in [3.8, 4) is 5.75 Å². The number of nitrogens with one attached hydrogen (secondary N) is 3. The summed E-state index contributed by atoms with van der Waals surface area (Å²) in [4.78, 5) is 53.6. The summed E-state index contributed by atoms with van der Waals surface area (Å²) in [6.45, 7) is 7.52. The molecular weight excluding hydrogens is 650 g/mol. The molecule has 0 spiro atoms. The molecule has 2 saturated carbocycles. The van der Waals surface area contributed by atoms with Crippen molar-refractivity contribution in [1.82, 2.24) is 16.0 Å². The van der Waals surface area contributed by atoms with Crippen LogP contribution in [0.25, 0.3) is 5.57 Å². The molecule has 3 aliphatic rings. The smallest absolute Gasteiger partial charge is 0.408 e. The molecule has 272 valence electrons. The first-order valence-electron chi connectivity index (χ1n) is 17.8. The summed E-state index contributed by atoms with van der Waals surface area (Å²) in [7, 11) is 0. The summed E-state index contributed by atoms with van der Waals surface area (Å²) in [6, 6.07) is 12.2. The van der Waals surface area contributed by atoms with Crippen molar-refractivity contribution in [3.63, 3.8) is 0 Å². The molecule has 0 heterocycles. The van der Waals surface area contributed by atoms with Gasteiger partial charge in [0.15, 0.2) is 0 Å². The molecule has 5 rings (SSSR count). The lowest BCUT2D eigenvalue weighted by atomic mass is 9.81. The van der Waals surface area contributed by atoms with Crippen molar-refractivity contribution in [2.45, 2.75) is 103 Å². The first kappa shape index (κ1) is 37.2. The number of hydrogen-bond acceptors (Lipinski definition) is 8. The molecule has 0 aromatic heterocycles. The van der Waals surface area contributed by atoms with Crippen LogP contribution >= 0.6 is 0 Å². The number of aliphatic hydroxyl groups is 2. The molecule has 2 fully saturated rings. The molecule has 0 aliphatic heterocycles. The van der Waals surface area contributed by atoms with E-state index in [9.17, 15) is 29.4 Å². The lowest BCUT2D eigenvalue weighted by molar-refractivity contribution is -0.130. The second-order valence-corrected chi connectivity index (χ2v) is 14.4. The van der Waals surface area contributed by atoms with Crippen molar-refractivity contribution in [1.29, 1.82) is 0 Å². The van der Waals surface area contributed by atoms with Gasteiger partial charge in [0, 0.05) is 24.9 Å². The highest BCUT2D eigenvalue weighted by molar-refractivity contribution is 6.39. The minimum atomic E-state index is -1.06. The fourth-order valence-electron chi connectivity index (χ4n) is 5.95. The molecule has 1 unspecified atom stereocenters. The second kappa shape index (κ2) is 16.3. The Bertz CT molecular complexity index is 1740. The zero-order chi connectivity index (χ0) is 36.7. The largest absolute Gasteiger partial charge is 0.509 e. The molecule has 11 nitrogen and oxygen atoms in total. The fraction of sp³-hybridized carbons (Fsp3) is 0.450. The number of ketones is 1. The third-order valence-corrected chi connectivity index (χ3v) is 9.02. The molecule has 0 bridgehead atoms. The topological polar surface area (TPSA) is 163 Å². The Morgan fingerprint density at radius 2 is 1.57 bits per heavy atom. The molecule has 0 saturated heterocycles. The Balaban J connectivity index is 1.42. The number of benzene rings is 2. The third kappa shape index (κ3) is 9.80. The summed E-state index contributed by atoms with van der Waals surface area (Å²) < 4.78 is 11.4. The van der Waals surface area contributed by atoms with E-state index >= 15 is 0 Å². The summed E-state index contributed by atoms with van der Waals surface area (Å²) in [5, 5.41) is 29.9. The lowest BCUT2D eigenvalue weighted by Crippen LogP contribution is -2.55. The number of rotatable bonds is 15. The predicted octanol–water partition coefficient (Wildman–Crippen LogP) is 6.08. The Hall–Kier alpha value is -5.06. The van der Waals surface area contributed by atoms with Crippen LogP contribution in [0.3, 0.4) is 0 Å². The van der Waals surface area contributed by atoms with Crippen LogP contribution in [-0.4, -0.2) is 64.7 Å². The number of aliphatic hydroxyl groups excluding tert-OH is 2. The zero-order valence-electron chi connectivity index (χ0n) is 29.9. The number of ether oxygens (including phenoxy) is 2. The SMILES string of the molecule is CCCCNC(=O)C(Cc1ccc(OCC(O)=C2CCC2)c(C2=C(O)C(=C3CC3)C2=O)c1)NC(=O)[C@H](Cc1ccccc1)NC(=O)OC(C)(C)C. The van der Waals surface area contributed by atoms with Gasteiger partial charge in [-0.3, -0.25) is 14.4 Å². The van der Waals surface area contributed by atoms with Crippen molar-refractivity contribution in [2.75, 3.05) is 13.2 Å². The Morgan fingerprint density at radius 1 is 0.882 bits per heavy atom. The molecule has 0 radical (unpaired) electrons. The summed E-state index contributed by atoms with van der Waals surface area (Å²) in [6.07, 6.45) is 5.21. The maximum atomic E-state index is 13.9. The van der Waals surface area contributed by atoms with Gasteiger partial charge in [0.1, 0.15) is 41.6 Å². The van der Waals surface area contributed by atoms with Crippen LogP contribution in [0.4, 0.5) is 4.79 Å². The van der Waals surface area contributed by atoms with Gasteiger partial charge < -0.3 is 35.6 Å². The van der Waals surface area contributed by atoms with E-state index in [1.807, 2.05) is 37.3 Å². The lowest BCUT2D eigenvalue weighted by Gasteiger charge is -2.26. The minimum absolute atomic E-state index is 0.0347.